The molecule has 1 fully saturated rings. The molecule has 0 atom stereocenters. The number of aromatic amines is 1. The van der Waals surface area contributed by atoms with Gasteiger partial charge in [0.25, 0.3) is 5.91 Å². The highest BCUT2D eigenvalue weighted by Crippen LogP contribution is 2.37. The Morgan fingerprint density at radius 3 is 2.59 bits per heavy atom. The molecule has 0 unspecified atom stereocenters. The normalized spacial score (nSPS) is 15.7. The summed E-state index contributed by atoms with van der Waals surface area (Å²) in [6.07, 6.45) is 4.40. The van der Waals surface area contributed by atoms with E-state index < -0.39 is 15.9 Å². The van der Waals surface area contributed by atoms with E-state index in [0.717, 1.165) is 59.9 Å². The number of likely N-dealkylation sites (N-methyl/N-ethyl adjacent to an activating group) is 1. The van der Waals surface area contributed by atoms with Crippen LogP contribution in [0.1, 0.15) is 54.1 Å². The van der Waals surface area contributed by atoms with E-state index in [1.807, 2.05) is 18.3 Å². The van der Waals surface area contributed by atoms with Crippen molar-refractivity contribution >= 4 is 26.8 Å². The predicted molar refractivity (Wildman–Crippen MR) is 138 cm³/mol. The number of nitrogens with two attached hydrogens (primary N) is 1. The Kier molecular flexibility index (Phi) is 7.40. The smallest absolute Gasteiger partial charge is 0.250 e. The van der Waals surface area contributed by atoms with Crippen LogP contribution in [-0.4, -0.2) is 55.5 Å². The number of piperidine rings is 1. The lowest BCUT2D eigenvalue weighted by Gasteiger charge is -2.31. The van der Waals surface area contributed by atoms with Gasteiger partial charge in [-0.15, -0.1) is 0 Å². The van der Waals surface area contributed by atoms with Crippen LogP contribution in [0.3, 0.4) is 0 Å². The molecule has 1 aromatic heterocycles. The van der Waals surface area contributed by atoms with E-state index in [2.05, 4.69) is 41.5 Å². The van der Waals surface area contributed by atoms with Crippen LogP contribution in [0.2, 0.25) is 0 Å². The SMILES string of the molecule is CCNCCc1cccc(-c2cc(C(N)=O)c3[nH]cc(C4CCN(S(=O)(=O)CC)CC4)c3c2)c1. The number of H-pyrrole nitrogens is 1. The quantitative estimate of drug-likeness (QED) is 0.405. The van der Waals surface area contributed by atoms with Crippen molar-refractivity contribution in [2.75, 3.05) is 31.9 Å². The Hall–Kier alpha value is -2.68. The molecule has 0 bridgehead atoms. The molecule has 2 heterocycles. The number of nitrogens with one attached hydrogen (secondary N) is 2. The molecule has 0 spiro atoms. The van der Waals surface area contributed by atoms with E-state index in [1.54, 1.807) is 11.2 Å². The summed E-state index contributed by atoms with van der Waals surface area (Å²) >= 11 is 0. The number of aromatic nitrogens is 1. The van der Waals surface area contributed by atoms with Crippen molar-refractivity contribution in [2.24, 2.45) is 5.73 Å². The Bertz CT molecular complexity index is 1270. The van der Waals surface area contributed by atoms with Crippen molar-refractivity contribution in [3.8, 4) is 11.1 Å². The Balaban J connectivity index is 1.68. The minimum atomic E-state index is -3.17. The Morgan fingerprint density at radius 1 is 1.15 bits per heavy atom. The predicted octanol–water partition coefficient (Wildman–Crippen LogP) is 3.61. The van der Waals surface area contributed by atoms with E-state index in [1.165, 1.54) is 5.56 Å². The first kappa shape index (κ1) is 24.4. The summed E-state index contributed by atoms with van der Waals surface area (Å²) in [6, 6.07) is 12.4. The van der Waals surface area contributed by atoms with Crippen molar-refractivity contribution in [2.45, 2.75) is 39.0 Å². The maximum absolute atomic E-state index is 12.3. The molecule has 7 nitrogen and oxygen atoms in total. The van der Waals surface area contributed by atoms with Crippen LogP contribution in [0.4, 0.5) is 0 Å². The Labute approximate surface area is 201 Å². The second kappa shape index (κ2) is 10.3. The first-order valence-electron chi connectivity index (χ1n) is 12.1. The standard InChI is InChI=1S/C26H34N4O3S/c1-3-28-11-8-18-6-5-7-20(14-18)21-15-22-24(17-29-25(22)23(16-21)26(27)31)19-9-12-30(13-10-19)34(32,33)4-2/h5-7,14-17,19,28-29H,3-4,8-13H2,1-2H3,(H2,27,31). The topological polar surface area (TPSA) is 108 Å². The van der Waals surface area contributed by atoms with Gasteiger partial charge in [-0.2, -0.15) is 0 Å². The summed E-state index contributed by atoms with van der Waals surface area (Å²) in [5.41, 5.74) is 11.4. The van der Waals surface area contributed by atoms with Crippen molar-refractivity contribution < 1.29 is 13.2 Å². The van der Waals surface area contributed by atoms with E-state index >= 15 is 0 Å². The molecule has 2 aromatic carbocycles. The highest BCUT2D eigenvalue weighted by atomic mass is 32.2. The number of rotatable bonds is 9. The minimum Gasteiger partial charge on any atom is -0.366 e. The fourth-order valence-electron chi connectivity index (χ4n) is 4.90. The third kappa shape index (κ3) is 5.04. The molecule has 8 heteroatoms. The van der Waals surface area contributed by atoms with Gasteiger partial charge in [0, 0.05) is 24.7 Å². The number of sulfonamides is 1. The number of benzene rings is 2. The van der Waals surface area contributed by atoms with Crippen LogP contribution in [0.25, 0.3) is 22.0 Å². The van der Waals surface area contributed by atoms with Crippen LogP contribution in [0.15, 0.2) is 42.6 Å². The van der Waals surface area contributed by atoms with Crippen molar-refractivity contribution in [1.82, 2.24) is 14.6 Å². The molecule has 1 saturated heterocycles. The van der Waals surface area contributed by atoms with Crippen molar-refractivity contribution in [3.05, 3.63) is 59.3 Å². The average Bonchev–Trinajstić information content (AvgIpc) is 3.28. The minimum absolute atomic E-state index is 0.129. The van der Waals surface area contributed by atoms with E-state index in [4.69, 9.17) is 5.73 Å². The molecule has 1 amide bonds. The van der Waals surface area contributed by atoms with Crippen LogP contribution in [-0.2, 0) is 16.4 Å². The third-order valence-corrected chi connectivity index (χ3v) is 8.72. The van der Waals surface area contributed by atoms with Gasteiger partial charge in [0.2, 0.25) is 10.0 Å². The van der Waals surface area contributed by atoms with Gasteiger partial charge in [0.15, 0.2) is 0 Å². The van der Waals surface area contributed by atoms with E-state index in [-0.39, 0.29) is 11.7 Å². The molecular weight excluding hydrogens is 448 g/mol. The van der Waals surface area contributed by atoms with Gasteiger partial charge in [-0.25, -0.2) is 12.7 Å². The summed E-state index contributed by atoms with van der Waals surface area (Å²) in [7, 11) is -3.17. The molecule has 34 heavy (non-hydrogen) atoms. The van der Waals surface area contributed by atoms with Gasteiger partial charge in [0.05, 0.1) is 16.8 Å². The van der Waals surface area contributed by atoms with Crippen molar-refractivity contribution in [3.63, 3.8) is 0 Å². The lowest BCUT2D eigenvalue weighted by molar-refractivity contribution is 0.100. The molecule has 0 aliphatic carbocycles. The second-order valence-corrected chi connectivity index (χ2v) is 11.2. The summed E-state index contributed by atoms with van der Waals surface area (Å²) < 4.78 is 26.1. The van der Waals surface area contributed by atoms with Crippen molar-refractivity contribution in [1.29, 1.82) is 0 Å². The zero-order valence-corrected chi connectivity index (χ0v) is 20.7. The average molecular weight is 483 g/mol. The number of amides is 1. The van der Waals surface area contributed by atoms with Gasteiger partial charge < -0.3 is 16.0 Å². The second-order valence-electron chi connectivity index (χ2n) is 8.93. The van der Waals surface area contributed by atoms with Crippen LogP contribution < -0.4 is 11.1 Å². The Morgan fingerprint density at radius 2 is 1.91 bits per heavy atom. The molecule has 4 N–H and O–H groups in total. The molecule has 3 aromatic rings. The van der Waals surface area contributed by atoms with Gasteiger partial charge in [-0.3, -0.25) is 4.79 Å². The molecular formula is C26H34N4O3S. The first-order valence-corrected chi connectivity index (χ1v) is 13.7. The van der Waals surface area contributed by atoms with Crippen LogP contribution in [0.5, 0.6) is 0 Å². The fraction of sp³-hybridized carbons (Fsp3) is 0.423. The molecule has 1 aliphatic rings. The maximum Gasteiger partial charge on any atom is 0.250 e. The number of hydrogen-bond acceptors (Lipinski definition) is 4. The number of carbonyl (C=O) groups excluding carboxylic acids is 1. The number of carbonyl (C=O) groups is 1. The van der Waals surface area contributed by atoms with E-state index in [0.29, 0.717) is 18.7 Å². The zero-order valence-electron chi connectivity index (χ0n) is 19.9. The number of nitrogens with zero attached hydrogens (tertiary/aromatic N) is 1. The summed E-state index contributed by atoms with van der Waals surface area (Å²) in [5, 5.41) is 4.34. The fourth-order valence-corrected chi connectivity index (χ4v) is 6.03. The van der Waals surface area contributed by atoms with E-state index in [9.17, 15) is 13.2 Å². The largest absolute Gasteiger partial charge is 0.366 e. The lowest BCUT2D eigenvalue weighted by atomic mass is 9.88. The highest BCUT2D eigenvalue weighted by Gasteiger charge is 2.29. The number of fused-ring (bicyclic) bond motifs is 1. The molecule has 182 valence electrons. The van der Waals surface area contributed by atoms with Crippen LogP contribution >= 0.6 is 0 Å². The first-order chi connectivity index (χ1) is 16.3. The molecule has 0 saturated carbocycles. The number of hydrogen-bond donors (Lipinski definition) is 3. The summed E-state index contributed by atoms with van der Waals surface area (Å²) in [6.45, 7) is 6.67. The summed E-state index contributed by atoms with van der Waals surface area (Å²) in [5.74, 6) is -0.115. The van der Waals surface area contributed by atoms with Gasteiger partial charge in [0.1, 0.15) is 0 Å². The molecule has 4 rings (SSSR count). The highest BCUT2D eigenvalue weighted by molar-refractivity contribution is 7.89. The third-order valence-electron chi connectivity index (χ3n) is 6.84. The monoisotopic (exact) mass is 482 g/mol. The molecule has 1 aliphatic heterocycles. The zero-order chi connectivity index (χ0) is 24.3. The van der Waals surface area contributed by atoms with Gasteiger partial charge in [-0.1, -0.05) is 31.2 Å². The number of primary amides is 1. The van der Waals surface area contributed by atoms with Gasteiger partial charge in [-0.05, 0) is 79.6 Å². The van der Waals surface area contributed by atoms with Gasteiger partial charge >= 0.3 is 0 Å². The maximum atomic E-state index is 12.3. The summed E-state index contributed by atoms with van der Waals surface area (Å²) in [4.78, 5) is 15.6. The molecule has 0 radical (unpaired) electrons. The van der Waals surface area contributed by atoms with Crippen LogP contribution in [0, 0.1) is 0 Å². The lowest BCUT2D eigenvalue weighted by Crippen LogP contribution is -2.38.